The highest BCUT2D eigenvalue weighted by Gasteiger charge is 2.22. The van der Waals surface area contributed by atoms with Gasteiger partial charge in [0.2, 0.25) is 5.91 Å². The molecule has 2 rings (SSSR count). The topological polar surface area (TPSA) is 66.6 Å². The highest BCUT2D eigenvalue weighted by atomic mass is 16.2. The molecule has 0 bridgehead atoms. The average molecular weight is 261 g/mol. The minimum Gasteiger partial charge on any atom is -0.366 e. The van der Waals surface area contributed by atoms with Gasteiger partial charge in [0.05, 0.1) is 0 Å². The molecular formula is C14H19N3O2. The van der Waals surface area contributed by atoms with Crippen molar-refractivity contribution in [2.24, 2.45) is 5.73 Å². The first-order valence-electron chi connectivity index (χ1n) is 6.38. The minimum absolute atomic E-state index is 0.0197. The van der Waals surface area contributed by atoms with E-state index in [-0.39, 0.29) is 5.91 Å². The van der Waals surface area contributed by atoms with Crippen molar-refractivity contribution in [2.45, 2.75) is 6.92 Å². The molecule has 5 heteroatoms. The minimum atomic E-state index is -0.495. The van der Waals surface area contributed by atoms with Crippen LogP contribution < -0.4 is 5.73 Å². The van der Waals surface area contributed by atoms with Gasteiger partial charge in [0.15, 0.2) is 0 Å². The lowest BCUT2D eigenvalue weighted by Gasteiger charge is -2.32. The SMILES string of the molecule is Cc1c(C(N)=O)cccc1C(=O)N1CCN(C)CC1. The second kappa shape index (κ2) is 5.40. The predicted octanol–water partition coefficient (Wildman–Crippen LogP) is 0.482. The van der Waals surface area contributed by atoms with E-state index in [1.807, 2.05) is 11.9 Å². The van der Waals surface area contributed by atoms with Gasteiger partial charge in [-0.25, -0.2) is 0 Å². The van der Waals surface area contributed by atoms with Crippen LogP contribution in [0, 0.1) is 6.92 Å². The van der Waals surface area contributed by atoms with Gasteiger partial charge in [0.25, 0.3) is 5.91 Å². The lowest BCUT2D eigenvalue weighted by atomic mass is 10.0. The van der Waals surface area contributed by atoms with Gasteiger partial charge in [-0.2, -0.15) is 0 Å². The molecule has 2 amide bonds. The fourth-order valence-corrected chi connectivity index (χ4v) is 2.31. The zero-order valence-corrected chi connectivity index (χ0v) is 11.3. The number of benzene rings is 1. The summed E-state index contributed by atoms with van der Waals surface area (Å²) in [7, 11) is 2.04. The second-order valence-corrected chi connectivity index (χ2v) is 4.94. The smallest absolute Gasteiger partial charge is 0.254 e. The summed E-state index contributed by atoms with van der Waals surface area (Å²) in [6, 6.07) is 5.11. The first-order valence-corrected chi connectivity index (χ1v) is 6.38. The normalized spacial score (nSPS) is 16.4. The molecule has 19 heavy (non-hydrogen) atoms. The van der Waals surface area contributed by atoms with E-state index >= 15 is 0 Å². The second-order valence-electron chi connectivity index (χ2n) is 4.94. The summed E-state index contributed by atoms with van der Waals surface area (Å²) in [5, 5.41) is 0. The monoisotopic (exact) mass is 261 g/mol. The third-order valence-corrected chi connectivity index (χ3v) is 3.62. The van der Waals surface area contributed by atoms with Crippen molar-refractivity contribution in [2.75, 3.05) is 33.2 Å². The Labute approximate surface area is 113 Å². The quantitative estimate of drug-likeness (QED) is 0.842. The van der Waals surface area contributed by atoms with Crippen LogP contribution in [0.3, 0.4) is 0 Å². The first kappa shape index (κ1) is 13.5. The Kier molecular flexibility index (Phi) is 3.85. The van der Waals surface area contributed by atoms with Crippen LogP contribution in [0.5, 0.6) is 0 Å². The van der Waals surface area contributed by atoms with E-state index < -0.39 is 5.91 Å². The molecule has 102 valence electrons. The van der Waals surface area contributed by atoms with Crippen molar-refractivity contribution >= 4 is 11.8 Å². The van der Waals surface area contributed by atoms with Crippen molar-refractivity contribution in [1.82, 2.24) is 9.80 Å². The molecule has 0 saturated carbocycles. The maximum Gasteiger partial charge on any atom is 0.254 e. The summed E-state index contributed by atoms with van der Waals surface area (Å²) in [5.41, 5.74) is 6.96. The van der Waals surface area contributed by atoms with Gasteiger partial charge in [-0.1, -0.05) is 6.07 Å². The molecule has 2 N–H and O–H groups in total. The number of hydrogen-bond acceptors (Lipinski definition) is 3. The third kappa shape index (κ3) is 2.76. The van der Waals surface area contributed by atoms with Gasteiger partial charge in [0, 0.05) is 37.3 Å². The predicted molar refractivity (Wildman–Crippen MR) is 73.1 cm³/mol. The van der Waals surface area contributed by atoms with Gasteiger partial charge < -0.3 is 15.5 Å². The Morgan fingerprint density at radius 3 is 2.26 bits per heavy atom. The van der Waals surface area contributed by atoms with Crippen molar-refractivity contribution in [3.05, 3.63) is 34.9 Å². The number of amides is 2. The number of primary amides is 1. The lowest BCUT2D eigenvalue weighted by Crippen LogP contribution is -2.47. The van der Waals surface area contributed by atoms with Crippen LogP contribution in [0.4, 0.5) is 0 Å². The molecular weight excluding hydrogens is 242 g/mol. The van der Waals surface area contributed by atoms with E-state index in [4.69, 9.17) is 5.73 Å². The molecule has 1 saturated heterocycles. The first-order chi connectivity index (χ1) is 9.00. The fraction of sp³-hybridized carbons (Fsp3) is 0.429. The van der Waals surface area contributed by atoms with E-state index in [9.17, 15) is 9.59 Å². The molecule has 1 aromatic rings. The lowest BCUT2D eigenvalue weighted by molar-refractivity contribution is 0.0663. The molecule has 0 radical (unpaired) electrons. The van der Waals surface area contributed by atoms with E-state index in [1.54, 1.807) is 25.1 Å². The van der Waals surface area contributed by atoms with Crippen molar-refractivity contribution in [3.8, 4) is 0 Å². The number of nitrogens with zero attached hydrogens (tertiary/aromatic N) is 2. The Morgan fingerprint density at radius 2 is 1.68 bits per heavy atom. The standard InChI is InChI=1S/C14H19N3O2/c1-10-11(13(15)18)4-3-5-12(10)14(19)17-8-6-16(2)7-9-17/h3-5H,6-9H2,1-2H3,(H2,15,18). The Bertz CT molecular complexity index is 505. The molecule has 5 nitrogen and oxygen atoms in total. The molecule has 0 unspecified atom stereocenters. The van der Waals surface area contributed by atoms with Gasteiger partial charge in [-0.15, -0.1) is 0 Å². The van der Waals surface area contributed by atoms with Crippen LogP contribution in [0.15, 0.2) is 18.2 Å². The van der Waals surface area contributed by atoms with Crippen LogP contribution in [0.2, 0.25) is 0 Å². The average Bonchev–Trinajstić information content (AvgIpc) is 2.38. The van der Waals surface area contributed by atoms with Crippen LogP contribution in [-0.2, 0) is 0 Å². The molecule has 0 atom stereocenters. The van der Waals surface area contributed by atoms with Gasteiger partial charge in [-0.3, -0.25) is 9.59 Å². The molecule has 1 fully saturated rings. The molecule has 0 aromatic heterocycles. The summed E-state index contributed by atoms with van der Waals surface area (Å²) in [4.78, 5) is 27.8. The number of carbonyl (C=O) groups excluding carboxylic acids is 2. The Hall–Kier alpha value is -1.88. The van der Waals surface area contributed by atoms with E-state index in [0.717, 1.165) is 26.2 Å². The molecule has 0 spiro atoms. The highest BCUT2D eigenvalue weighted by Crippen LogP contribution is 2.16. The summed E-state index contributed by atoms with van der Waals surface area (Å²) in [6.45, 7) is 4.95. The number of piperazine rings is 1. The van der Waals surface area contributed by atoms with Crippen LogP contribution in [0.1, 0.15) is 26.3 Å². The maximum atomic E-state index is 12.5. The Morgan fingerprint density at radius 1 is 1.11 bits per heavy atom. The Balaban J connectivity index is 2.24. The van der Waals surface area contributed by atoms with Gasteiger partial charge in [0.1, 0.15) is 0 Å². The van der Waals surface area contributed by atoms with Crippen LogP contribution >= 0.6 is 0 Å². The number of likely N-dealkylation sites (N-methyl/N-ethyl adjacent to an activating group) is 1. The van der Waals surface area contributed by atoms with Gasteiger partial charge >= 0.3 is 0 Å². The summed E-state index contributed by atoms with van der Waals surface area (Å²) < 4.78 is 0. The number of rotatable bonds is 2. The summed E-state index contributed by atoms with van der Waals surface area (Å²) in [5.74, 6) is -0.515. The molecule has 1 aliphatic rings. The zero-order valence-electron chi connectivity index (χ0n) is 11.3. The van der Waals surface area contributed by atoms with E-state index in [2.05, 4.69) is 4.90 Å². The fourth-order valence-electron chi connectivity index (χ4n) is 2.31. The van der Waals surface area contributed by atoms with Gasteiger partial charge in [-0.05, 0) is 31.7 Å². The van der Waals surface area contributed by atoms with Crippen LogP contribution in [-0.4, -0.2) is 54.8 Å². The van der Waals surface area contributed by atoms with Crippen LogP contribution in [0.25, 0.3) is 0 Å². The molecule has 1 aromatic carbocycles. The highest BCUT2D eigenvalue weighted by molar-refractivity contribution is 6.01. The summed E-state index contributed by atoms with van der Waals surface area (Å²) in [6.07, 6.45) is 0. The van der Waals surface area contributed by atoms with Crippen molar-refractivity contribution in [1.29, 1.82) is 0 Å². The number of nitrogens with two attached hydrogens (primary N) is 1. The molecule has 0 aliphatic carbocycles. The third-order valence-electron chi connectivity index (χ3n) is 3.62. The number of carbonyl (C=O) groups is 2. The molecule has 1 heterocycles. The molecule has 1 aliphatic heterocycles. The zero-order chi connectivity index (χ0) is 14.0. The van der Waals surface area contributed by atoms with Crippen molar-refractivity contribution in [3.63, 3.8) is 0 Å². The maximum absolute atomic E-state index is 12.5. The van der Waals surface area contributed by atoms with E-state index in [0.29, 0.717) is 16.7 Å². The largest absolute Gasteiger partial charge is 0.366 e. The van der Waals surface area contributed by atoms with Crippen molar-refractivity contribution < 1.29 is 9.59 Å². The van der Waals surface area contributed by atoms with E-state index in [1.165, 1.54) is 0 Å². The number of hydrogen-bond donors (Lipinski definition) is 1. The summed E-state index contributed by atoms with van der Waals surface area (Å²) >= 11 is 0.